The molecule has 0 N–H and O–H groups in total. The predicted octanol–water partition coefficient (Wildman–Crippen LogP) is 3.98. The van der Waals surface area contributed by atoms with Crippen molar-refractivity contribution >= 4 is 29.1 Å². The summed E-state index contributed by atoms with van der Waals surface area (Å²) in [6, 6.07) is 13.7. The number of carbonyl (C=O) groups is 1. The average Bonchev–Trinajstić information content (AvgIpc) is 3.56. The van der Waals surface area contributed by atoms with Crippen LogP contribution < -0.4 is 24.4 Å². The highest BCUT2D eigenvalue weighted by Crippen LogP contribution is 2.38. The molecule has 0 amide bonds. The van der Waals surface area contributed by atoms with Crippen LogP contribution in [0.15, 0.2) is 80.1 Å². The lowest BCUT2D eigenvalue weighted by molar-refractivity contribution is -0.384. The normalized spacial score (nSPS) is 14.8. The number of hydrogen-bond donors (Lipinski definition) is 0. The smallest absolute Gasteiger partial charge is 0.338 e. The molecule has 1 aliphatic heterocycles. The van der Waals surface area contributed by atoms with Crippen LogP contribution in [-0.2, 0) is 9.53 Å². The van der Waals surface area contributed by atoms with Crippen LogP contribution in [0.4, 0.5) is 5.69 Å². The van der Waals surface area contributed by atoms with Crippen molar-refractivity contribution in [3.8, 4) is 22.8 Å². The van der Waals surface area contributed by atoms with E-state index >= 15 is 0 Å². The summed E-state index contributed by atoms with van der Waals surface area (Å²) in [6.45, 7) is 3.56. The van der Waals surface area contributed by atoms with E-state index in [2.05, 4.69) is 4.99 Å². The number of nitrogens with zero attached hydrogens (tertiary/aromatic N) is 3. The first-order valence-corrected chi connectivity index (χ1v) is 13.3. The largest absolute Gasteiger partial charge is 0.497 e. The van der Waals surface area contributed by atoms with Gasteiger partial charge in [-0.3, -0.25) is 19.5 Å². The lowest BCUT2D eigenvalue weighted by Crippen LogP contribution is -2.40. The summed E-state index contributed by atoms with van der Waals surface area (Å²) >= 11 is 1.15. The molecular weight excluding hydrogens is 550 g/mol. The second-order valence-corrected chi connectivity index (χ2v) is 9.93. The van der Waals surface area contributed by atoms with Crippen molar-refractivity contribution in [3.63, 3.8) is 0 Å². The van der Waals surface area contributed by atoms with Gasteiger partial charge in [-0.15, -0.1) is 0 Å². The van der Waals surface area contributed by atoms with E-state index in [1.165, 1.54) is 30.9 Å². The highest BCUT2D eigenvalue weighted by molar-refractivity contribution is 7.07. The van der Waals surface area contributed by atoms with Crippen molar-refractivity contribution in [1.82, 2.24) is 4.57 Å². The minimum atomic E-state index is -0.884. The molecule has 210 valence electrons. The number of thiazole rings is 1. The molecule has 41 heavy (non-hydrogen) atoms. The first kappa shape index (κ1) is 27.6. The van der Waals surface area contributed by atoms with Gasteiger partial charge in [0.15, 0.2) is 4.80 Å². The third kappa shape index (κ3) is 5.16. The standard InChI is InChI=1S/C29H25N3O8S/c1-5-39-28(34)25-16(2)30-29-31(26(25)21-14-19(37-3)10-13-23(21)38-4)27(33)24(41-29)15-20-11-12-22(40-20)17-6-8-18(9-7-17)32(35)36/h6-15,26H,5H2,1-4H3/b24-15-/t26-/m1/s1. The Morgan fingerprint density at radius 3 is 2.56 bits per heavy atom. The lowest BCUT2D eigenvalue weighted by atomic mass is 9.95. The summed E-state index contributed by atoms with van der Waals surface area (Å²) in [7, 11) is 3.04. The fourth-order valence-corrected chi connectivity index (χ4v) is 5.63. The van der Waals surface area contributed by atoms with Crippen molar-refractivity contribution < 1.29 is 28.3 Å². The molecule has 3 heterocycles. The molecule has 0 radical (unpaired) electrons. The molecule has 1 atom stereocenters. The van der Waals surface area contributed by atoms with Crippen molar-refractivity contribution in [2.45, 2.75) is 19.9 Å². The Kier molecular flexibility index (Phi) is 7.58. The Balaban J connectivity index is 1.64. The minimum absolute atomic E-state index is 0.0265. The molecule has 0 aliphatic carbocycles. The van der Waals surface area contributed by atoms with E-state index in [1.807, 2.05) is 0 Å². The summed E-state index contributed by atoms with van der Waals surface area (Å²) in [5.41, 5.74) is 1.42. The minimum Gasteiger partial charge on any atom is -0.497 e. The van der Waals surface area contributed by atoms with Crippen molar-refractivity contribution in [2.75, 3.05) is 20.8 Å². The highest BCUT2D eigenvalue weighted by atomic mass is 32.1. The number of allylic oxidation sites excluding steroid dienone is 1. The summed E-state index contributed by atoms with van der Waals surface area (Å²) in [5, 5.41) is 11.0. The van der Waals surface area contributed by atoms with Crippen LogP contribution in [0.3, 0.4) is 0 Å². The number of nitro benzene ring substituents is 1. The van der Waals surface area contributed by atoms with E-state index < -0.39 is 16.9 Å². The number of carbonyl (C=O) groups excluding carboxylic acids is 1. The number of nitro groups is 1. The van der Waals surface area contributed by atoms with Crippen LogP contribution in [0.25, 0.3) is 17.4 Å². The number of hydrogen-bond acceptors (Lipinski definition) is 10. The summed E-state index contributed by atoms with van der Waals surface area (Å²) < 4.78 is 24.1. The number of benzene rings is 2. The number of rotatable bonds is 8. The summed E-state index contributed by atoms with van der Waals surface area (Å²) in [5.74, 6) is 1.28. The lowest BCUT2D eigenvalue weighted by Gasteiger charge is -2.26. The summed E-state index contributed by atoms with van der Waals surface area (Å²) in [4.78, 5) is 42.5. The quantitative estimate of drug-likeness (QED) is 0.175. The van der Waals surface area contributed by atoms with Crippen LogP contribution in [-0.4, -0.2) is 36.3 Å². The zero-order valence-electron chi connectivity index (χ0n) is 22.6. The molecule has 4 aromatic rings. The monoisotopic (exact) mass is 575 g/mol. The van der Waals surface area contributed by atoms with Gasteiger partial charge in [-0.25, -0.2) is 9.79 Å². The highest BCUT2D eigenvalue weighted by Gasteiger charge is 2.35. The van der Waals surface area contributed by atoms with E-state index in [0.29, 0.717) is 49.2 Å². The molecule has 2 aromatic carbocycles. The van der Waals surface area contributed by atoms with Gasteiger partial charge >= 0.3 is 5.97 Å². The first-order valence-electron chi connectivity index (χ1n) is 12.5. The molecule has 12 heteroatoms. The van der Waals surface area contributed by atoms with Gasteiger partial charge in [-0.05, 0) is 56.3 Å². The van der Waals surface area contributed by atoms with Gasteiger partial charge < -0.3 is 18.6 Å². The number of ether oxygens (including phenoxy) is 3. The molecule has 2 aromatic heterocycles. The van der Waals surface area contributed by atoms with Gasteiger partial charge in [-0.2, -0.15) is 0 Å². The van der Waals surface area contributed by atoms with Crippen molar-refractivity contribution in [2.24, 2.45) is 4.99 Å². The maximum absolute atomic E-state index is 13.9. The number of furan rings is 1. The first-order chi connectivity index (χ1) is 19.7. The van der Waals surface area contributed by atoms with E-state index in [0.717, 1.165) is 11.3 Å². The fourth-order valence-electron chi connectivity index (χ4n) is 4.60. The van der Waals surface area contributed by atoms with Crippen LogP contribution in [0.1, 0.15) is 31.2 Å². The van der Waals surface area contributed by atoms with Gasteiger partial charge in [0.1, 0.15) is 29.1 Å². The molecule has 1 aliphatic rings. The Hall–Kier alpha value is -4.97. The molecule has 11 nitrogen and oxygen atoms in total. The second-order valence-electron chi connectivity index (χ2n) is 8.92. The second kappa shape index (κ2) is 11.3. The number of non-ortho nitro benzene ring substituents is 1. The Morgan fingerprint density at radius 2 is 1.90 bits per heavy atom. The van der Waals surface area contributed by atoms with Gasteiger partial charge in [0.25, 0.3) is 11.2 Å². The van der Waals surface area contributed by atoms with Crippen LogP contribution in [0.5, 0.6) is 11.5 Å². The van der Waals surface area contributed by atoms with Crippen LogP contribution in [0.2, 0.25) is 0 Å². The fraction of sp³-hybridized carbons (Fsp3) is 0.207. The zero-order chi connectivity index (χ0) is 29.3. The molecular formula is C29H25N3O8S. The van der Waals surface area contributed by atoms with Crippen molar-refractivity contribution in [3.05, 3.63) is 107 Å². The van der Waals surface area contributed by atoms with Crippen LogP contribution in [0, 0.1) is 10.1 Å². The molecule has 0 fully saturated rings. The van der Waals surface area contributed by atoms with Gasteiger partial charge in [0.2, 0.25) is 0 Å². The Morgan fingerprint density at radius 1 is 1.15 bits per heavy atom. The van der Waals surface area contributed by atoms with Crippen molar-refractivity contribution in [1.29, 1.82) is 0 Å². The Bertz CT molecular complexity index is 1860. The molecule has 0 spiro atoms. The molecule has 0 saturated heterocycles. The van der Waals surface area contributed by atoms with Gasteiger partial charge in [0, 0.05) is 29.3 Å². The number of aromatic nitrogens is 1. The average molecular weight is 576 g/mol. The van der Waals surface area contributed by atoms with E-state index in [9.17, 15) is 19.7 Å². The van der Waals surface area contributed by atoms with Gasteiger partial charge in [-0.1, -0.05) is 11.3 Å². The molecule has 0 unspecified atom stereocenters. The maximum Gasteiger partial charge on any atom is 0.338 e. The Labute approximate surface area is 237 Å². The van der Waals surface area contributed by atoms with Gasteiger partial charge in [0.05, 0.1) is 41.6 Å². The topological polar surface area (TPSA) is 135 Å². The summed E-state index contributed by atoms with van der Waals surface area (Å²) in [6.07, 6.45) is 1.60. The SMILES string of the molecule is CCOC(=O)C1=C(C)N=c2s/c(=C\c3ccc(-c4ccc([N+](=O)[O-])cc4)o3)c(=O)n2[C@@H]1c1cc(OC)ccc1OC. The van der Waals surface area contributed by atoms with E-state index in [4.69, 9.17) is 18.6 Å². The molecule has 0 bridgehead atoms. The van der Waals surface area contributed by atoms with E-state index in [1.54, 1.807) is 62.4 Å². The number of esters is 1. The third-order valence-electron chi connectivity index (χ3n) is 6.51. The maximum atomic E-state index is 13.9. The predicted molar refractivity (Wildman–Crippen MR) is 151 cm³/mol. The zero-order valence-corrected chi connectivity index (χ0v) is 23.4. The number of fused-ring (bicyclic) bond motifs is 1. The third-order valence-corrected chi connectivity index (χ3v) is 7.49. The van der Waals surface area contributed by atoms with Crippen LogP contribution >= 0.6 is 11.3 Å². The molecule has 0 saturated carbocycles. The molecule has 5 rings (SSSR count). The van der Waals surface area contributed by atoms with E-state index in [-0.39, 0.29) is 23.4 Å². The number of methoxy groups -OCH3 is 2.